The number of hydrogen-bond donors (Lipinski definition) is 2. The van der Waals surface area contributed by atoms with Gasteiger partial charge in [-0.05, 0) is 37.3 Å². The maximum absolute atomic E-state index is 11.7. The molecule has 0 aromatic carbocycles. The Bertz CT molecular complexity index is 1610. The number of fused-ring (bicyclic) bond motifs is 2. The molecule has 6 heterocycles. The van der Waals surface area contributed by atoms with Crippen molar-refractivity contribution in [3.63, 3.8) is 0 Å². The smallest absolute Gasteiger partial charge is 0.169 e. The monoisotopic (exact) mass is 437 g/mol. The van der Waals surface area contributed by atoms with Gasteiger partial charge in [0.1, 0.15) is 17.7 Å². The number of Topliss-reactive ketones (excluding diaryl/α,β-unsaturated/α-hetero) is 1. The van der Waals surface area contributed by atoms with Crippen LogP contribution in [0, 0.1) is 0 Å². The number of H-pyrrole nitrogens is 2. The molecular formula is C23H15N7OS. The normalized spacial score (nSPS) is 11.4. The molecule has 0 atom stereocenters. The van der Waals surface area contributed by atoms with E-state index < -0.39 is 0 Å². The van der Waals surface area contributed by atoms with Gasteiger partial charge in [-0.25, -0.2) is 15.0 Å². The van der Waals surface area contributed by atoms with E-state index in [1.54, 1.807) is 31.7 Å². The lowest BCUT2D eigenvalue weighted by Gasteiger charge is -2.00. The van der Waals surface area contributed by atoms with Crippen LogP contribution in [-0.4, -0.2) is 40.9 Å². The van der Waals surface area contributed by atoms with E-state index in [1.165, 1.54) is 17.7 Å². The summed E-state index contributed by atoms with van der Waals surface area (Å²) < 4.78 is 0. The molecule has 0 saturated carbocycles. The van der Waals surface area contributed by atoms with E-state index in [-0.39, 0.29) is 5.78 Å². The highest BCUT2D eigenvalue weighted by atomic mass is 32.1. The standard InChI is InChI=1S/C23H15N7OS/c1-12(31)20-2-3-21(32-20)14-4-5-26-23-15(14)6-18(28-23)22-16-7-17(13-8-24-11-25-9-13)27-10-19(16)29-30-22/h2-11H,1H3,(H,26,28)(H,29,30). The minimum absolute atomic E-state index is 0.0672. The highest BCUT2D eigenvalue weighted by molar-refractivity contribution is 7.17. The largest absolute Gasteiger partial charge is 0.338 e. The Morgan fingerprint density at radius 1 is 1.00 bits per heavy atom. The molecule has 6 aromatic heterocycles. The van der Waals surface area contributed by atoms with Gasteiger partial charge in [-0.3, -0.25) is 14.9 Å². The Labute approximate surface area is 185 Å². The third-order valence-corrected chi connectivity index (χ3v) is 6.53. The van der Waals surface area contributed by atoms with E-state index in [2.05, 4.69) is 35.1 Å². The number of pyridine rings is 2. The predicted molar refractivity (Wildman–Crippen MR) is 123 cm³/mol. The van der Waals surface area contributed by atoms with Gasteiger partial charge in [-0.2, -0.15) is 5.10 Å². The van der Waals surface area contributed by atoms with Crippen molar-refractivity contribution in [1.29, 1.82) is 0 Å². The molecule has 0 fully saturated rings. The summed E-state index contributed by atoms with van der Waals surface area (Å²) in [4.78, 5) is 34.0. The summed E-state index contributed by atoms with van der Waals surface area (Å²) in [5.74, 6) is 0.0672. The molecule has 0 saturated heterocycles. The van der Waals surface area contributed by atoms with Crippen LogP contribution in [0.25, 0.3) is 55.0 Å². The van der Waals surface area contributed by atoms with Crippen LogP contribution < -0.4 is 0 Å². The highest BCUT2D eigenvalue weighted by Gasteiger charge is 2.16. The number of aromatic nitrogens is 7. The second kappa shape index (κ2) is 7.17. The number of hydrogen-bond acceptors (Lipinski definition) is 7. The second-order valence-corrected chi connectivity index (χ2v) is 8.42. The zero-order valence-corrected chi connectivity index (χ0v) is 17.6. The minimum Gasteiger partial charge on any atom is -0.338 e. The first-order valence-electron chi connectivity index (χ1n) is 9.86. The van der Waals surface area contributed by atoms with E-state index in [1.807, 2.05) is 30.3 Å². The van der Waals surface area contributed by atoms with Gasteiger partial charge in [0.2, 0.25) is 0 Å². The lowest BCUT2D eigenvalue weighted by molar-refractivity contribution is 0.102. The molecule has 6 rings (SSSR count). The summed E-state index contributed by atoms with van der Waals surface area (Å²) in [6, 6.07) is 9.84. The predicted octanol–water partition coefficient (Wildman–Crippen LogP) is 4.89. The number of nitrogens with zero attached hydrogens (tertiary/aromatic N) is 5. The average molecular weight is 437 g/mol. The Balaban J connectivity index is 1.49. The quantitative estimate of drug-likeness (QED) is 0.380. The van der Waals surface area contributed by atoms with E-state index in [0.717, 1.165) is 59.9 Å². The Hall–Kier alpha value is -4.24. The van der Waals surface area contributed by atoms with Crippen LogP contribution in [0.5, 0.6) is 0 Å². The lowest BCUT2D eigenvalue weighted by Crippen LogP contribution is -1.86. The summed E-state index contributed by atoms with van der Waals surface area (Å²) in [5.41, 5.74) is 5.84. The maximum atomic E-state index is 11.7. The van der Waals surface area contributed by atoms with Crippen LogP contribution in [0.15, 0.2) is 61.4 Å². The van der Waals surface area contributed by atoms with Gasteiger partial charge in [0.05, 0.1) is 28.0 Å². The average Bonchev–Trinajstić information content (AvgIpc) is 3.56. The molecule has 0 aliphatic rings. The topological polar surface area (TPSA) is 113 Å². The number of rotatable bonds is 4. The molecule has 32 heavy (non-hydrogen) atoms. The first-order valence-corrected chi connectivity index (χ1v) is 10.7. The first kappa shape index (κ1) is 18.5. The van der Waals surface area contributed by atoms with Crippen molar-refractivity contribution in [3.05, 3.63) is 66.3 Å². The number of carbonyl (C=O) groups is 1. The lowest BCUT2D eigenvalue weighted by atomic mass is 10.1. The van der Waals surface area contributed by atoms with E-state index >= 15 is 0 Å². The molecule has 2 N–H and O–H groups in total. The van der Waals surface area contributed by atoms with Crippen LogP contribution >= 0.6 is 11.3 Å². The van der Waals surface area contributed by atoms with Crippen molar-refractivity contribution >= 4 is 39.1 Å². The Kier molecular flexibility index (Phi) is 4.15. The highest BCUT2D eigenvalue weighted by Crippen LogP contribution is 2.36. The van der Waals surface area contributed by atoms with Gasteiger partial charge in [0.15, 0.2) is 5.78 Å². The fraction of sp³-hybridized carbons (Fsp3) is 0.0435. The van der Waals surface area contributed by atoms with Crippen molar-refractivity contribution in [2.75, 3.05) is 0 Å². The number of carbonyl (C=O) groups excluding carboxylic acids is 1. The Morgan fingerprint density at radius 2 is 1.88 bits per heavy atom. The molecular weight excluding hydrogens is 422 g/mol. The number of ketones is 1. The molecule has 0 aliphatic heterocycles. The van der Waals surface area contributed by atoms with E-state index in [4.69, 9.17) is 0 Å². The van der Waals surface area contributed by atoms with Gasteiger partial charge in [0, 0.05) is 45.4 Å². The van der Waals surface area contributed by atoms with Crippen molar-refractivity contribution in [2.45, 2.75) is 6.92 Å². The van der Waals surface area contributed by atoms with Crippen LogP contribution in [-0.2, 0) is 0 Å². The summed E-state index contributed by atoms with van der Waals surface area (Å²) in [6.07, 6.45) is 8.49. The number of aromatic amines is 2. The molecule has 9 heteroatoms. The summed E-state index contributed by atoms with van der Waals surface area (Å²) >= 11 is 1.48. The zero-order valence-electron chi connectivity index (χ0n) is 16.8. The fourth-order valence-electron chi connectivity index (χ4n) is 3.75. The third-order valence-electron chi connectivity index (χ3n) is 5.31. The van der Waals surface area contributed by atoms with Gasteiger partial charge < -0.3 is 4.98 Å². The molecule has 0 spiro atoms. The molecule has 0 amide bonds. The molecule has 6 aromatic rings. The van der Waals surface area contributed by atoms with E-state index in [0.29, 0.717) is 0 Å². The third kappa shape index (κ3) is 2.98. The van der Waals surface area contributed by atoms with Crippen LogP contribution in [0.1, 0.15) is 16.6 Å². The summed E-state index contributed by atoms with van der Waals surface area (Å²) in [7, 11) is 0. The van der Waals surface area contributed by atoms with Crippen molar-refractivity contribution in [1.82, 2.24) is 35.1 Å². The SMILES string of the molecule is CC(=O)c1ccc(-c2ccnc3[nH]c(-c4n[nH]c5cnc(-c6cncnc6)cc45)cc23)s1. The van der Waals surface area contributed by atoms with Crippen molar-refractivity contribution < 1.29 is 4.79 Å². The van der Waals surface area contributed by atoms with Crippen LogP contribution in [0.3, 0.4) is 0 Å². The summed E-state index contributed by atoms with van der Waals surface area (Å²) in [5, 5.41) is 9.49. The van der Waals surface area contributed by atoms with Gasteiger partial charge >= 0.3 is 0 Å². The summed E-state index contributed by atoms with van der Waals surface area (Å²) in [6.45, 7) is 1.58. The van der Waals surface area contributed by atoms with Crippen molar-refractivity contribution in [2.24, 2.45) is 0 Å². The molecule has 0 radical (unpaired) electrons. The van der Waals surface area contributed by atoms with Gasteiger partial charge in [0.25, 0.3) is 0 Å². The molecule has 0 bridgehead atoms. The number of nitrogens with one attached hydrogen (secondary N) is 2. The second-order valence-electron chi connectivity index (χ2n) is 7.34. The van der Waals surface area contributed by atoms with Crippen LogP contribution in [0.4, 0.5) is 0 Å². The first-order chi connectivity index (χ1) is 15.7. The fourth-order valence-corrected chi connectivity index (χ4v) is 4.69. The zero-order chi connectivity index (χ0) is 21.7. The van der Waals surface area contributed by atoms with Gasteiger partial charge in [-0.15, -0.1) is 11.3 Å². The molecule has 154 valence electrons. The van der Waals surface area contributed by atoms with E-state index in [9.17, 15) is 4.79 Å². The molecule has 0 aliphatic carbocycles. The number of thiophene rings is 1. The van der Waals surface area contributed by atoms with Gasteiger partial charge in [-0.1, -0.05) is 0 Å². The van der Waals surface area contributed by atoms with Crippen molar-refractivity contribution in [3.8, 4) is 33.1 Å². The molecule has 8 nitrogen and oxygen atoms in total. The minimum atomic E-state index is 0.0672. The maximum Gasteiger partial charge on any atom is 0.169 e. The van der Waals surface area contributed by atoms with Crippen LogP contribution in [0.2, 0.25) is 0 Å². The Morgan fingerprint density at radius 3 is 2.69 bits per heavy atom. The molecule has 0 unspecified atom stereocenters.